The highest BCUT2D eigenvalue weighted by atomic mass is 35.5. The number of nitrogens with one attached hydrogen (secondary N) is 1. The zero-order valence-corrected chi connectivity index (χ0v) is 14.2. The summed E-state index contributed by atoms with van der Waals surface area (Å²) in [4.78, 5) is 13.2. The van der Waals surface area contributed by atoms with Crippen LogP contribution in [-0.4, -0.2) is 13.0 Å². The van der Waals surface area contributed by atoms with Crippen molar-refractivity contribution in [3.8, 4) is 5.75 Å². The molecule has 24 heavy (non-hydrogen) atoms. The van der Waals surface area contributed by atoms with Crippen LogP contribution >= 0.6 is 22.9 Å². The molecule has 0 spiro atoms. The van der Waals surface area contributed by atoms with Crippen LogP contribution in [-0.2, 0) is 4.79 Å². The molecule has 0 fully saturated rings. The Bertz CT molecular complexity index is 938. The number of methoxy groups -OCH3 is 1. The highest BCUT2D eigenvalue weighted by Crippen LogP contribution is 2.46. The van der Waals surface area contributed by atoms with Crippen molar-refractivity contribution in [2.75, 3.05) is 7.11 Å². The van der Waals surface area contributed by atoms with E-state index in [1.807, 2.05) is 30.3 Å². The van der Waals surface area contributed by atoms with E-state index in [2.05, 4.69) is 5.32 Å². The minimum absolute atomic E-state index is 0.269. The lowest BCUT2D eigenvalue weighted by molar-refractivity contribution is -0.121. The Kier molecular flexibility index (Phi) is 3.70. The molecular weight excluding hydrogens is 349 g/mol. The largest absolute Gasteiger partial charge is 0.497 e. The fourth-order valence-corrected chi connectivity index (χ4v) is 4.73. The van der Waals surface area contributed by atoms with Crippen LogP contribution in [0.25, 0.3) is 10.1 Å². The molecule has 122 valence electrons. The van der Waals surface area contributed by atoms with Crippen LogP contribution in [0.4, 0.5) is 4.39 Å². The normalized spacial score (nSPS) is 19.9. The second kappa shape index (κ2) is 5.76. The molecule has 4 rings (SSSR count). The summed E-state index contributed by atoms with van der Waals surface area (Å²) in [6, 6.07) is 12.0. The summed E-state index contributed by atoms with van der Waals surface area (Å²) in [5.41, 5.74) is 1.61. The number of amides is 1. The molecule has 2 aromatic carbocycles. The molecule has 2 atom stereocenters. The summed E-state index contributed by atoms with van der Waals surface area (Å²) in [7, 11) is 1.60. The van der Waals surface area contributed by atoms with Gasteiger partial charge in [-0.15, -0.1) is 22.9 Å². The predicted octanol–water partition coefficient (Wildman–Crippen LogP) is 4.55. The summed E-state index contributed by atoms with van der Waals surface area (Å²) in [5, 5.41) is 2.83. The van der Waals surface area contributed by atoms with Crippen LogP contribution in [0.3, 0.4) is 0 Å². The van der Waals surface area contributed by atoms with E-state index in [9.17, 15) is 9.18 Å². The average Bonchev–Trinajstić information content (AvgIpc) is 2.99. The van der Waals surface area contributed by atoms with Crippen LogP contribution in [0.5, 0.6) is 5.75 Å². The van der Waals surface area contributed by atoms with E-state index in [4.69, 9.17) is 16.3 Å². The first-order valence-corrected chi connectivity index (χ1v) is 8.64. The number of ether oxygens (including phenoxy) is 1. The van der Waals surface area contributed by atoms with E-state index in [1.165, 1.54) is 17.4 Å². The Labute approximate surface area is 147 Å². The van der Waals surface area contributed by atoms with Gasteiger partial charge in [0.05, 0.1) is 17.9 Å². The minimum Gasteiger partial charge on any atom is -0.497 e. The topological polar surface area (TPSA) is 38.3 Å². The lowest BCUT2D eigenvalue weighted by Crippen LogP contribution is -2.36. The Morgan fingerprint density at radius 3 is 2.67 bits per heavy atom. The zero-order valence-electron chi connectivity index (χ0n) is 12.7. The second-order valence-corrected chi connectivity index (χ2v) is 7.06. The van der Waals surface area contributed by atoms with Gasteiger partial charge < -0.3 is 10.1 Å². The lowest BCUT2D eigenvalue weighted by atomic mass is 9.94. The first kappa shape index (κ1) is 15.4. The number of alkyl halides is 1. The third-order valence-electron chi connectivity index (χ3n) is 4.22. The van der Waals surface area contributed by atoms with Crippen LogP contribution < -0.4 is 10.1 Å². The van der Waals surface area contributed by atoms with E-state index in [0.29, 0.717) is 15.6 Å². The number of rotatable bonds is 2. The number of thiophene rings is 1. The maximum Gasteiger partial charge on any atom is 0.243 e. The highest BCUT2D eigenvalue weighted by molar-refractivity contribution is 7.19. The standard InChI is InChI=1S/C18H13ClFNO2S/c1-23-10-7-5-9(6-8-10)15-17-13(14(19)18(22)21-15)11-3-2-4-12(20)16(11)24-17/h2-8,14-15H,1H3,(H,21,22). The molecule has 3 nitrogen and oxygen atoms in total. The van der Waals surface area contributed by atoms with E-state index in [-0.39, 0.29) is 17.8 Å². The predicted molar refractivity (Wildman–Crippen MR) is 93.4 cm³/mol. The molecule has 0 saturated heterocycles. The van der Waals surface area contributed by atoms with Crippen molar-refractivity contribution in [3.05, 3.63) is 64.3 Å². The van der Waals surface area contributed by atoms with Gasteiger partial charge >= 0.3 is 0 Å². The van der Waals surface area contributed by atoms with Crippen molar-refractivity contribution < 1.29 is 13.9 Å². The van der Waals surface area contributed by atoms with E-state index in [0.717, 1.165) is 16.2 Å². The molecule has 0 aliphatic carbocycles. The number of carbonyl (C=O) groups is 1. The summed E-state index contributed by atoms with van der Waals surface area (Å²) >= 11 is 7.66. The summed E-state index contributed by atoms with van der Waals surface area (Å²) < 4.78 is 19.9. The molecule has 0 radical (unpaired) electrons. The van der Waals surface area contributed by atoms with E-state index >= 15 is 0 Å². The van der Waals surface area contributed by atoms with Crippen LogP contribution in [0.15, 0.2) is 42.5 Å². The van der Waals surface area contributed by atoms with Crippen molar-refractivity contribution in [1.29, 1.82) is 0 Å². The van der Waals surface area contributed by atoms with Gasteiger partial charge in [0.15, 0.2) is 0 Å². The van der Waals surface area contributed by atoms with Crippen molar-refractivity contribution >= 4 is 38.9 Å². The Hall–Kier alpha value is -2.11. The van der Waals surface area contributed by atoms with Crippen LogP contribution in [0.1, 0.15) is 27.4 Å². The Morgan fingerprint density at radius 1 is 1.21 bits per heavy atom. The SMILES string of the molecule is COc1ccc(C2NC(=O)C(Cl)c3c2sc2c(F)cccc32)cc1. The number of hydrogen-bond acceptors (Lipinski definition) is 3. The third-order valence-corrected chi connectivity index (χ3v) is 5.93. The van der Waals surface area contributed by atoms with Gasteiger partial charge in [-0.3, -0.25) is 4.79 Å². The van der Waals surface area contributed by atoms with Gasteiger partial charge in [0, 0.05) is 15.8 Å². The quantitative estimate of drug-likeness (QED) is 0.680. The smallest absolute Gasteiger partial charge is 0.243 e. The van der Waals surface area contributed by atoms with Crippen molar-refractivity contribution in [3.63, 3.8) is 0 Å². The highest BCUT2D eigenvalue weighted by Gasteiger charge is 2.36. The van der Waals surface area contributed by atoms with Crippen LogP contribution in [0.2, 0.25) is 0 Å². The van der Waals surface area contributed by atoms with E-state index < -0.39 is 5.38 Å². The second-order valence-electron chi connectivity index (χ2n) is 5.57. The number of hydrogen-bond donors (Lipinski definition) is 1. The fourth-order valence-electron chi connectivity index (χ4n) is 3.04. The zero-order chi connectivity index (χ0) is 16.8. The van der Waals surface area contributed by atoms with Gasteiger partial charge in [0.1, 0.15) is 16.9 Å². The molecule has 0 saturated carbocycles. The molecule has 1 aliphatic rings. The first-order chi connectivity index (χ1) is 11.6. The Morgan fingerprint density at radius 2 is 1.96 bits per heavy atom. The van der Waals surface area contributed by atoms with Crippen molar-refractivity contribution in [2.24, 2.45) is 0 Å². The third kappa shape index (κ3) is 2.27. The molecule has 6 heteroatoms. The van der Waals surface area contributed by atoms with Gasteiger partial charge in [-0.25, -0.2) is 4.39 Å². The van der Waals surface area contributed by atoms with Crippen molar-refractivity contribution in [1.82, 2.24) is 5.32 Å². The molecule has 1 aromatic heterocycles. The lowest BCUT2D eigenvalue weighted by Gasteiger charge is -2.27. The number of fused-ring (bicyclic) bond motifs is 3. The molecule has 1 N–H and O–H groups in total. The van der Waals surface area contributed by atoms with Gasteiger partial charge in [-0.1, -0.05) is 24.3 Å². The average molecular weight is 362 g/mol. The maximum atomic E-state index is 14.2. The molecule has 3 aromatic rings. The maximum absolute atomic E-state index is 14.2. The molecule has 2 unspecified atom stereocenters. The number of benzene rings is 2. The number of halogens is 2. The van der Waals surface area contributed by atoms with Gasteiger partial charge in [-0.05, 0) is 23.8 Å². The fraction of sp³-hybridized carbons (Fsp3) is 0.167. The summed E-state index contributed by atoms with van der Waals surface area (Å²) in [6.45, 7) is 0. The van der Waals surface area contributed by atoms with E-state index in [1.54, 1.807) is 13.2 Å². The molecule has 1 aliphatic heterocycles. The van der Waals surface area contributed by atoms with Gasteiger partial charge in [0.2, 0.25) is 5.91 Å². The van der Waals surface area contributed by atoms with Gasteiger partial charge in [0.25, 0.3) is 0 Å². The first-order valence-electron chi connectivity index (χ1n) is 7.39. The van der Waals surface area contributed by atoms with Gasteiger partial charge in [-0.2, -0.15) is 0 Å². The van der Waals surface area contributed by atoms with Crippen LogP contribution in [0, 0.1) is 5.82 Å². The summed E-state index contributed by atoms with van der Waals surface area (Å²) in [6.07, 6.45) is 0. The Balaban J connectivity index is 1.92. The molecule has 2 heterocycles. The molecule has 0 bridgehead atoms. The number of carbonyl (C=O) groups excluding carboxylic acids is 1. The molecule has 1 amide bonds. The monoisotopic (exact) mass is 361 g/mol. The molecular formula is C18H13ClFNO2S. The minimum atomic E-state index is -0.815. The van der Waals surface area contributed by atoms with Crippen molar-refractivity contribution in [2.45, 2.75) is 11.4 Å². The summed E-state index contributed by atoms with van der Waals surface area (Å²) in [5.74, 6) is 0.171.